The highest BCUT2D eigenvalue weighted by Crippen LogP contribution is 2.44. The molecule has 3 atom stereocenters. The van der Waals surface area contributed by atoms with Gasteiger partial charge in [0.2, 0.25) is 0 Å². The molecule has 1 aliphatic heterocycles. The van der Waals surface area contributed by atoms with Crippen molar-refractivity contribution in [3.8, 4) is 11.1 Å². The summed E-state index contributed by atoms with van der Waals surface area (Å²) in [5, 5.41) is 14.2. The Morgan fingerprint density at radius 1 is 1.09 bits per heavy atom. The Bertz CT molecular complexity index is 995. The van der Waals surface area contributed by atoms with Gasteiger partial charge >= 0.3 is 12.1 Å². The molecule has 0 radical (unpaired) electrons. The molecule has 4 rings (SSSR count). The van der Waals surface area contributed by atoms with E-state index >= 15 is 0 Å². The van der Waals surface area contributed by atoms with Gasteiger partial charge in [0.05, 0.1) is 12.6 Å². The molecule has 174 valence electrons. The van der Waals surface area contributed by atoms with Crippen molar-refractivity contribution in [1.29, 1.82) is 0 Å². The highest BCUT2D eigenvalue weighted by Gasteiger charge is 2.36. The van der Waals surface area contributed by atoms with Crippen molar-refractivity contribution in [2.24, 2.45) is 0 Å². The number of carbonyl (C=O) groups excluding carboxylic acids is 2. The largest absolute Gasteiger partial charge is 0.479 e. The minimum atomic E-state index is -1.18. The molecular formula is C24H26N2O7. The van der Waals surface area contributed by atoms with Gasteiger partial charge in [0, 0.05) is 19.6 Å². The molecule has 1 unspecified atom stereocenters. The molecule has 2 aromatic carbocycles. The summed E-state index contributed by atoms with van der Waals surface area (Å²) in [5.74, 6) is -1.76. The van der Waals surface area contributed by atoms with E-state index in [-0.39, 0.29) is 19.1 Å². The summed E-state index contributed by atoms with van der Waals surface area (Å²) < 4.78 is 15.8. The van der Waals surface area contributed by atoms with E-state index < -0.39 is 36.2 Å². The SMILES string of the molecule is COC(CNC(=O)[C@@H]1OCC[C@@H]1NC(=O)OCC1c2ccccc2-c2ccccc21)C(=O)O. The van der Waals surface area contributed by atoms with Crippen LogP contribution in [0.5, 0.6) is 0 Å². The van der Waals surface area contributed by atoms with Crippen molar-refractivity contribution in [2.75, 3.05) is 26.9 Å². The minimum absolute atomic E-state index is 0.0657. The number of alkyl carbamates (subject to hydrolysis) is 1. The summed E-state index contributed by atoms with van der Waals surface area (Å²) in [7, 11) is 1.25. The van der Waals surface area contributed by atoms with Crippen molar-refractivity contribution < 1.29 is 33.7 Å². The molecule has 9 nitrogen and oxygen atoms in total. The van der Waals surface area contributed by atoms with Crippen LogP contribution < -0.4 is 10.6 Å². The lowest BCUT2D eigenvalue weighted by Crippen LogP contribution is -2.50. The van der Waals surface area contributed by atoms with Gasteiger partial charge in [-0.3, -0.25) is 4.79 Å². The summed E-state index contributed by atoms with van der Waals surface area (Å²) in [6.07, 6.45) is -2.29. The number of nitrogens with one attached hydrogen (secondary N) is 2. The first-order valence-electron chi connectivity index (χ1n) is 10.8. The molecule has 0 spiro atoms. The summed E-state index contributed by atoms with van der Waals surface area (Å²) in [6, 6.07) is 15.5. The number of benzene rings is 2. The number of hydrogen-bond acceptors (Lipinski definition) is 6. The molecule has 2 amide bonds. The number of aliphatic carboxylic acids is 1. The molecule has 0 saturated carbocycles. The Labute approximate surface area is 191 Å². The van der Waals surface area contributed by atoms with E-state index in [9.17, 15) is 14.4 Å². The monoisotopic (exact) mass is 454 g/mol. The maximum atomic E-state index is 12.5. The number of amides is 2. The van der Waals surface area contributed by atoms with E-state index in [1.165, 1.54) is 7.11 Å². The Morgan fingerprint density at radius 2 is 1.73 bits per heavy atom. The summed E-state index contributed by atoms with van der Waals surface area (Å²) >= 11 is 0. The zero-order valence-corrected chi connectivity index (χ0v) is 18.2. The van der Waals surface area contributed by atoms with Crippen LogP contribution in [0.1, 0.15) is 23.5 Å². The van der Waals surface area contributed by atoms with Crippen LogP contribution in [0.25, 0.3) is 11.1 Å². The molecule has 2 aromatic rings. The Kier molecular flexibility index (Phi) is 6.90. The third-order valence-electron chi connectivity index (χ3n) is 6.02. The Morgan fingerprint density at radius 3 is 2.33 bits per heavy atom. The van der Waals surface area contributed by atoms with Crippen LogP contribution in [0, 0.1) is 0 Å². The number of ether oxygens (including phenoxy) is 3. The number of carboxylic acids is 1. The van der Waals surface area contributed by atoms with E-state index in [0.29, 0.717) is 13.0 Å². The van der Waals surface area contributed by atoms with E-state index in [1.54, 1.807) is 0 Å². The van der Waals surface area contributed by atoms with Crippen LogP contribution in [0.2, 0.25) is 0 Å². The molecule has 0 bridgehead atoms. The van der Waals surface area contributed by atoms with Gasteiger partial charge in [-0.15, -0.1) is 0 Å². The maximum absolute atomic E-state index is 12.5. The molecule has 9 heteroatoms. The molecular weight excluding hydrogens is 428 g/mol. The van der Waals surface area contributed by atoms with Crippen molar-refractivity contribution >= 4 is 18.0 Å². The predicted octanol–water partition coefficient (Wildman–Crippen LogP) is 1.90. The normalized spacial score (nSPS) is 19.9. The first-order chi connectivity index (χ1) is 16.0. The van der Waals surface area contributed by atoms with Crippen LogP contribution in [-0.4, -0.2) is 68.2 Å². The molecule has 1 fully saturated rings. The van der Waals surface area contributed by atoms with Gasteiger partial charge < -0.3 is 30.0 Å². The maximum Gasteiger partial charge on any atom is 0.407 e. The van der Waals surface area contributed by atoms with Crippen LogP contribution in [0.15, 0.2) is 48.5 Å². The summed E-state index contributed by atoms with van der Waals surface area (Å²) in [5.41, 5.74) is 4.50. The average molecular weight is 454 g/mol. The third-order valence-corrected chi connectivity index (χ3v) is 6.02. The van der Waals surface area contributed by atoms with Gasteiger partial charge in [0.15, 0.2) is 12.2 Å². The molecule has 1 saturated heterocycles. The van der Waals surface area contributed by atoms with Gasteiger partial charge in [0.25, 0.3) is 5.91 Å². The van der Waals surface area contributed by atoms with Crippen LogP contribution in [0.3, 0.4) is 0 Å². The number of carbonyl (C=O) groups is 3. The fraction of sp³-hybridized carbons (Fsp3) is 0.375. The molecule has 2 aliphatic rings. The molecule has 1 aliphatic carbocycles. The van der Waals surface area contributed by atoms with Crippen LogP contribution in [0.4, 0.5) is 4.79 Å². The predicted molar refractivity (Wildman–Crippen MR) is 118 cm³/mol. The fourth-order valence-electron chi connectivity index (χ4n) is 4.35. The smallest absolute Gasteiger partial charge is 0.407 e. The molecule has 3 N–H and O–H groups in total. The number of rotatable bonds is 8. The topological polar surface area (TPSA) is 123 Å². The lowest BCUT2D eigenvalue weighted by molar-refractivity contribution is -0.148. The van der Waals surface area contributed by atoms with Crippen LogP contribution >= 0.6 is 0 Å². The van der Waals surface area contributed by atoms with Gasteiger partial charge in [-0.2, -0.15) is 0 Å². The van der Waals surface area contributed by atoms with E-state index in [4.69, 9.17) is 19.3 Å². The summed E-state index contributed by atoms with van der Waals surface area (Å²) in [6.45, 7) is 0.250. The number of hydrogen-bond donors (Lipinski definition) is 3. The second-order valence-electron chi connectivity index (χ2n) is 7.96. The standard InChI is InChI=1S/C24H26N2O7/c1-31-20(23(28)29)12-25-22(27)21-19(10-11-32-21)26-24(30)33-13-18-16-8-4-2-6-14(16)15-7-3-5-9-17(15)18/h2-9,18-21H,10-13H2,1H3,(H,25,27)(H,26,30)(H,28,29)/t19-,20?,21+/m0/s1. The third kappa shape index (κ3) is 4.84. The second-order valence-corrected chi connectivity index (χ2v) is 7.96. The Balaban J connectivity index is 1.33. The van der Waals surface area contributed by atoms with Crippen molar-refractivity contribution in [1.82, 2.24) is 10.6 Å². The molecule has 1 heterocycles. The Hall–Kier alpha value is -3.43. The van der Waals surface area contributed by atoms with Crippen molar-refractivity contribution in [2.45, 2.75) is 30.6 Å². The molecule has 33 heavy (non-hydrogen) atoms. The fourth-order valence-corrected chi connectivity index (χ4v) is 4.35. The zero-order chi connectivity index (χ0) is 23.4. The average Bonchev–Trinajstić information content (AvgIpc) is 3.40. The van der Waals surface area contributed by atoms with E-state index in [0.717, 1.165) is 22.3 Å². The molecule has 0 aromatic heterocycles. The number of carboxylic acid groups (broad SMARTS) is 1. The highest BCUT2D eigenvalue weighted by molar-refractivity contribution is 5.84. The summed E-state index contributed by atoms with van der Waals surface area (Å²) in [4.78, 5) is 36.0. The lowest BCUT2D eigenvalue weighted by atomic mass is 9.98. The van der Waals surface area contributed by atoms with Crippen LogP contribution in [-0.2, 0) is 23.8 Å². The van der Waals surface area contributed by atoms with E-state index in [1.807, 2.05) is 36.4 Å². The minimum Gasteiger partial charge on any atom is -0.479 e. The first kappa shape index (κ1) is 22.8. The lowest BCUT2D eigenvalue weighted by Gasteiger charge is -2.21. The number of methoxy groups -OCH3 is 1. The van der Waals surface area contributed by atoms with E-state index in [2.05, 4.69) is 22.8 Å². The first-order valence-corrected chi connectivity index (χ1v) is 10.8. The van der Waals surface area contributed by atoms with Gasteiger partial charge in [-0.25, -0.2) is 9.59 Å². The van der Waals surface area contributed by atoms with Gasteiger partial charge in [0.1, 0.15) is 6.61 Å². The number of fused-ring (bicyclic) bond motifs is 3. The van der Waals surface area contributed by atoms with Gasteiger partial charge in [-0.1, -0.05) is 48.5 Å². The van der Waals surface area contributed by atoms with Crippen molar-refractivity contribution in [3.63, 3.8) is 0 Å². The quantitative estimate of drug-likeness (QED) is 0.557. The second kappa shape index (κ2) is 10.0. The zero-order valence-electron chi connectivity index (χ0n) is 18.2. The van der Waals surface area contributed by atoms with Crippen molar-refractivity contribution in [3.05, 3.63) is 59.7 Å². The van der Waals surface area contributed by atoms with Gasteiger partial charge in [-0.05, 0) is 28.7 Å². The highest BCUT2D eigenvalue weighted by atomic mass is 16.6.